The number of aromatic carboxylic acids is 1. The van der Waals surface area contributed by atoms with E-state index in [0.29, 0.717) is 26.4 Å². The number of carboxylic acids is 1. The van der Waals surface area contributed by atoms with E-state index in [1.807, 2.05) is 12.3 Å². The summed E-state index contributed by atoms with van der Waals surface area (Å²) in [5, 5.41) is 17.2. The first-order chi connectivity index (χ1) is 13.0. The Labute approximate surface area is 169 Å². The molecule has 2 aromatic heterocycles. The van der Waals surface area contributed by atoms with Crippen LogP contribution >= 0.6 is 34.3 Å². The molecule has 2 heterocycles. The van der Waals surface area contributed by atoms with Gasteiger partial charge < -0.3 is 10.4 Å². The molecule has 1 saturated carbocycles. The van der Waals surface area contributed by atoms with Gasteiger partial charge in [0.05, 0.1) is 4.88 Å². The Kier molecular flexibility index (Phi) is 4.80. The highest BCUT2D eigenvalue weighted by Crippen LogP contribution is 2.44. The first kappa shape index (κ1) is 18.2. The highest BCUT2D eigenvalue weighted by Gasteiger charge is 2.29. The van der Waals surface area contributed by atoms with Crippen molar-refractivity contribution in [3.8, 4) is 11.1 Å². The molecular weight excluding hydrogens is 402 g/mol. The van der Waals surface area contributed by atoms with Gasteiger partial charge >= 0.3 is 5.97 Å². The van der Waals surface area contributed by atoms with Crippen LogP contribution in [-0.4, -0.2) is 17.0 Å². The van der Waals surface area contributed by atoms with Gasteiger partial charge in [-0.2, -0.15) is 0 Å². The summed E-state index contributed by atoms with van der Waals surface area (Å²) in [6, 6.07) is 6.97. The first-order valence-corrected chi connectivity index (χ1v) is 10.6. The molecule has 4 rings (SSSR count). The van der Waals surface area contributed by atoms with Gasteiger partial charge in [0.25, 0.3) is 5.91 Å². The standard InChI is InChI=1S/C20H16ClNO3S2/c1-10-14(11-2-3-11)8-26-17(10)18(23)22-19-16(20(24)25)15(9-27-19)12-4-6-13(21)7-5-12/h4-9,11H,2-3H2,1H3,(H,22,23)(H,24,25). The summed E-state index contributed by atoms with van der Waals surface area (Å²) in [4.78, 5) is 25.3. The van der Waals surface area contributed by atoms with Gasteiger partial charge in [-0.15, -0.1) is 22.7 Å². The molecule has 0 bridgehead atoms. The molecule has 1 amide bonds. The molecule has 0 atom stereocenters. The lowest BCUT2D eigenvalue weighted by Gasteiger charge is -2.06. The number of halogens is 1. The molecule has 0 aliphatic heterocycles. The van der Waals surface area contributed by atoms with E-state index in [-0.39, 0.29) is 11.5 Å². The fourth-order valence-corrected chi connectivity index (χ4v) is 5.26. The predicted octanol–water partition coefficient (Wildman–Crippen LogP) is 6.27. The fourth-order valence-electron chi connectivity index (χ4n) is 3.11. The highest BCUT2D eigenvalue weighted by atomic mass is 35.5. The third-order valence-corrected chi connectivity index (χ3v) is 6.93. The minimum Gasteiger partial charge on any atom is -0.478 e. The van der Waals surface area contributed by atoms with Crippen molar-refractivity contribution < 1.29 is 14.7 Å². The van der Waals surface area contributed by atoms with Crippen LogP contribution in [-0.2, 0) is 0 Å². The maximum Gasteiger partial charge on any atom is 0.339 e. The number of hydrogen-bond acceptors (Lipinski definition) is 4. The molecule has 2 N–H and O–H groups in total. The molecule has 0 unspecified atom stereocenters. The summed E-state index contributed by atoms with van der Waals surface area (Å²) < 4.78 is 0. The van der Waals surface area contributed by atoms with Crippen LogP contribution in [0.3, 0.4) is 0 Å². The second-order valence-electron chi connectivity index (χ2n) is 6.54. The molecule has 1 aliphatic carbocycles. The maximum absolute atomic E-state index is 12.8. The number of carboxylic acid groups (broad SMARTS) is 1. The number of thiophene rings is 2. The van der Waals surface area contributed by atoms with Crippen LogP contribution in [0.15, 0.2) is 35.0 Å². The van der Waals surface area contributed by atoms with E-state index in [4.69, 9.17) is 11.6 Å². The van der Waals surface area contributed by atoms with E-state index in [2.05, 4.69) is 5.32 Å². The zero-order valence-electron chi connectivity index (χ0n) is 14.4. The second-order valence-corrected chi connectivity index (χ2v) is 8.73. The second kappa shape index (κ2) is 7.11. The van der Waals surface area contributed by atoms with E-state index in [1.54, 1.807) is 29.6 Å². The number of benzene rings is 1. The van der Waals surface area contributed by atoms with Crippen LogP contribution in [0.1, 0.15) is 49.9 Å². The van der Waals surface area contributed by atoms with Crippen LogP contribution < -0.4 is 5.32 Å². The van der Waals surface area contributed by atoms with Crippen molar-refractivity contribution in [1.29, 1.82) is 0 Å². The zero-order chi connectivity index (χ0) is 19.1. The monoisotopic (exact) mass is 417 g/mol. The molecule has 0 saturated heterocycles. The number of nitrogens with one attached hydrogen (secondary N) is 1. The van der Waals surface area contributed by atoms with Gasteiger partial charge in [0, 0.05) is 16.0 Å². The first-order valence-electron chi connectivity index (χ1n) is 8.45. The van der Waals surface area contributed by atoms with Gasteiger partial charge in [0.15, 0.2) is 0 Å². The van der Waals surface area contributed by atoms with E-state index < -0.39 is 5.97 Å². The Balaban J connectivity index is 1.65. The average molecular weight is 418 g/mol. The molecule has 4 nitrogen and oxygen atoms in total. The molecule has 7 heteroatoms. The number of rotatable bonds is 5. The summed E-state index contributed by atoms with van der Waals surface area (Å²) >= 11 is 8.56. The SMILES string of the molecule is Cc1c(C2CC2)csc1C(=O)Nc1scc(-c2ccc(Cl)cc2)c1C(=O)O. The number of carbonyl (C=O) groups excluding carboxylic acids is 1. The lowest BCUT2D eigenvalue weighted by molar-refractivity contribution is 0.0699. The minimum atomic E-state index is -1.07. The number of anilines is 1. The molecule has 138 valence electrons. The summed E-state index contributed by atoms with van der Waals surface area (Å²) in [5.74, 6) is -0.745. The van der Waals surface area contributed by atoms with Crippen LogP contribution in [0.4, 0.5) is 5.00 Å². The normalized spacial score (nSPS) is 13.6. The lowest BCUT2D eigenvalue weighted by Crippen LogP contribution is -2.13. The van der Waals surface area contributed by atoms with E-state index in [1.165, 1.54) is 41.1 Å². The van der Waals surface area contributed by atoms with Crippen molar-refractivity contribution in [2.24, 2.45) is 0 Å². The lowest BCUT2D eigenvalue weighted by atomic mass is 10.0. The molecule has 1 fully saturated rings. The van der Waals surface area contributed by atoms with Crippen LogP contribution in [0.25, 0.3) is 11.1 Å². The molecule has 3 aromatic rings. The summed E-state index contributed by atoms with van der Waals surface area (Å²) in [5.41, 5.74) is 3.67. The van der Waals surface area contributed by atoms with E-state index in [0.717, 1.165) is 11.1 Å². The molecule has 1 aliphatic rings. The molecule has 0 spiro atoms. The van der Waals surface area contributed by atoms with Crippen molar-refractivity contribution in [1.82, 2.24) is 0 Å². The van der Waals surface area contributed by atoms with Crippen LogP contribution in [0.5, 0.6) is 0 Å². The number of carbonyl (C=O) groups is 2. The van der Waals surface area contributed by atoms with Crippen molar-refractivity contribution in [2.45, 2.75) is 25.7 Å². The van der Waals surface area contributed by atoms with Crippen molar-refractivity contribution in [2.75, 3.05) is 5.32 Å². The smallest absolute Gasteiger partial charge is 0.339 e. The van der Waals surface area contributed by atoms with Crippen LogP contribution in [0, 0.1) is 6.92 Å². The Morgan fingerprint density at radius 1 is 1.15 bits per heavy atom. The van der Waals surface area contributed by atoms with Gasteiger partial charge in [-0.25, -0.2) is 4.79 Å². The summed E-state index contributed by atoms with van der Waals surface area (Å²) in [6.45, 7) is 1.96. The Morgan fingerprint density at radius 3 is 2.48 bits per heavy atom. The third-order valence-electron chi connectivity index (χ3n) is 4.69. The topological polar surface area (TPSA) is 66.4 Å². The van der Waals surface area contributed by atoms with Gasteiger partial charge in [-0.05, 0) is 59.9 Å². The van der Waals surface area contributed by atoms with E-state index >= 15 is 0 Å². The fraction of sp³-hybridized carbons (Fsp3) is 0.200. The van der Waals surface area contributed by atoms with Crippen molar-refractivity contribution in [3.05, 3.63) is 61.6 Å². The van der Waals surface area contributed by atoms with Gasteiger partial charge in [-0.1, -0.05) is 23.7 Å². The largest absolute Gasteiger partial charge is 0.478 e. The highest BCUT2D eigenvalue weighted by molar-refractivity contribution is 7.15. The third kappa shape index (κ3) is 3.52. The minimum absolute atomic E-state index is 0.104. The average Bonchev–Trinajstić information content (AvgIpc) is 3.27. The van der Waals surface area contributed by atoms with Crippen LogP contribution in [0.2, 0.25) is 5.02 Å². The van der Waals surface area contributed by atoms with Gasteiger partial charge in [0.1, 0.15) is 10.6 Å². The Bertz CT molecular complexity index is 1030. The van der Waals surface area contributed by atoms with Crippen molar-refractivity contribution >= 4 is 51.2 Å². The van der Waals surface area contributed by atoms with Gasteiger partial charge in [0.2, 0.25) is 0 Å². The molecule has 27 heavy (non-hydrogen) atoms. The number of amides is 1. The van der Waals surface area contributed by atoms with E-state index in [9.17, 15) is 14.7 Å². The quantitative estimate of drug-likeness (QED) is 0.514. The zero-order valence-corrected chi connectivity index (χ0v) is 16.8. The molecule has 0 radical (unpaired) electrons. The Hall–Kier alpha value is -2.15. The summed E-state index contributed by atoms with van der Waals surface area (Å²) in [6.07, 6.45) is 2.36. The number of hydrogen-bond donors (Lipinski definition) is 2. The maximum atomic E-state index is 12.8. The van der Waals surface area contributed by atoms with Crippen molar-refractivity contribution in [3.63, 3.8) is 0 Å². The van der Waals surface area contributed by atoms with Gasteiger partial charge in [-0.3, -0.25) is 4.79 Å². The molecule has 1 aromatic carbocycles. The Morgan fingerprint density at radius 2 is 1.85 bits per heavy atom. The summed E-state index contributed by atoms with van der Waals surface area (Å²) in [7, 11) is 0. The predicted molar refractivity (Wildman–Crippen MR) is 111 cm³/mol. The molecular formula is C20H16ClNO3S2.